The number of hydrogen-bond acceptors (Lipinski definition) is 11. The molecule has 3 rings (SSSR count). The fraction of sp³-hybridized carbons (Fsp3) is 0.750. The molecular weight excluding hydrogens is 560 g/mol. The first kappa shape index (κ1) is 30.1. The predicted molar refractivity (Wildman–Crippen MR) is 125 cm³/mol. The van der Waals surface area contributed by atoms with Crippen LogP contribution in [-0.2, 0) is 53.3 Å². The van der Waals surface area contributed by atoms with Gasteiger partial charge in [-0.1, -0.05) is 32.1 Å². The fourth-order valence-corrected chi connectivity index (χ4v) is 7.71. The van der Waals surface area contributed by atoms with E-state index in [1.165, 1.54) is 6.08 Å². The summed E-state index contributed by atoms with van der Waals surface area (Å²) in [5.41, 5.74) is -1.29. The van der Waals surface area contributed by atoms with Crippen molar-refractivity contribution in [1.29, 1.82) is 0 Å². The van der Waals surface area contributed by atoms with Crippen LogP contribution in [-0.4, -0.2) is 70.3 Å². The molecule has 0 aromatic rings. The second-order valence-corrected chi connectivity index (χ2v) is 13.2. The first-order valence-electron chi connectivity index (χ1n) is 11.2. The Labute approximate surface area is 215 Å². The van der Waals surface area contributed by atoms with Crippen molar-refractivity contribution >= 4 is 37.2 Å². The van der Waals surface area contributed by atoms with Crippen molar-refractivity contribution < 1.29 is 61.0 Å². The third-order valence-corrected chi connectivity index (χ3v) is 9.20. The number of carbonyl (C=O) groups excluding carboxylic acids is 1. The maximum absolute atomic E-state index is 12.2. The van der Waals surface area contributed by atoms with Gasteiger partial charge in [0.25, 0.3) is 0 Å². The summed E-state index contributed by atoms with van der Waals surface area (Å²) in [5.74, 6) is -1.62. The molecule has 17 heteroatoms. The summed E-state index contributed by atoms with van der Waals surface area (Å²) in [6, 6.07) is 0. The van der Waals surface area contributed by atoms with Crippen molar-refractivity contribution in [3.8, 4) is 0 Å². The number of fused-ring (bicyclic) bond motifs is 1. The van der Waals surface area contributed by atoms with Gasteiger partial charge in [0.1, 0.15) is 12.7 Å². The summed E-state index contributed by atoms with van der Waals surface area (Å²) < 4.78 is 115. The summed E-state index contributed by atoms with van der Waals surface area (Å²) in [6.07, 6.45) is 0.373. The highest BCUT2D eigenvalue weighted by Gasteiger charge is 2.59. The number of carbonyl (C=O) groups is 1. The zero-order valence-electron chi connectivity index (χ0n) is 20.1. The quantitative estimate of drug-likeness (QED) is 0.150. The third kappa shape index (κ3) is 6.96. The van der Waals surface area contributed by atoms with Gasteiger partial charge in [0.05, 0.1) is 18.3 Å². The van der Waals surface area contributed by atoms with E-state index in [0.717, 1.165) is 5.57 Å². The van der Waals surface area contributed by atoms with Gasteiger partial charge in [-0.25, -0.2) is 17.3 Å². The van der Waals surface area contributed by atoms with Gasteiger partial charge in [0, 0.05) is 5.41 Å². The van der Waals surface area contributed by atoms with Gasteiger partial charge in [-0.15, -0.1) is 0 Å². The Hall–Kier alpha value is -1.44. The van der Waals surface area contributed by atoms with Crippen molar-refractivity contribution in [1.82, 2.24) is 0 Å². The monoisotopic (exact) mass is 590 g/mol. The molecule has 3 aliphatic rings. The SMILES string of the molecule is C=C1CC[C@@H]2[C@](C)(COS(=O)(=O)O)[C@H](OS(=O)(=O)O)CC[C@@]2(C)[C@@H]1C/C=C1/C(=O)OC[C@H]1OS(=O)(=O)O. The maximum atomic E-state index is 12.2. The molecule has 0 amide bonds. The number of hydrogen-bond donors (Lipinski definition) is 3. The van der Waals surface area contributed by atoms with E-state index in [9.17, 15) is 39.2 Å². The lowest BCUT2D eigenvalue weighted by molar-refractivity contribution is -0.139. The van der Waals surface area contributed by atoms with E-state index in [2.05, 4.69) is 14.9 Å². The Bertz CT molecular complexity index is 1290. The number of rotatable bonds is 9. The number of ether oxygens (including phenoxy) is 1. The molecule has 37 heavy (non-hydrogen) atoms. The fourth-order valence-electron chi connectivity index (χ4n) is 6.25. The van der Waals surface area contributed by atoms with Gasteiger partial charge in [0.2, 0.25) is 0 Å². The Morgan fingerprint density at radius 1 is 1.03 bits per heavy atom. The van der Waals surface area contributed by atoms with Gasteiger partial charge in [-0.3, -0.25) is 13.7 Å². The molecule has 0 aromatic carbocycles. The second kappa shape index (κ2) is 10.3. The molecule has 0 unspecified atom stereocenters. The minimum atomic E-state index is -4.91. The lowest BCUT2D eigenvalue weighted by Gasteiger charge is -2.60. The molecular formula is C20H30O14S3. The summed E-state index contributed by atoms with van der Waals surface area (Å²) in [7, 11) is -14.7. The molecule has 0 spiro atoms. The van der Waals surface area contributed by atoms with Crippen molar-refractivity contribution in [2.75, 3.05) is 13.2 Å². The van der Waals surface area contributed by atoms with Crippen LogP contribution in [0, 0.1) is 22.7 Å². The van der Waals surface area contributed by atoms with E-state index >= 15 is 0 Å². The minimum Gasteiger partial charge on any atom is -0.459 e. The maximum Gasteiger partial charge on any atom is 0.398 e. The first-order valence-corrected chi connectivity index (χ1v) is 15.3. The molecule has 212 valence electrons. The second-order valence-electron chi connectivity index (χ2n) is 10.1. The van der Waals surface area contributed by atoms with Gasteiger partial charge in [0.15, 0.2) is 0 Å². The molecule has 1 aliphatic heterocycles. The highest BCUT2D eigenvalue weighted by atomic mass is 32.3. The van der Waals surface area contributed by atoms with Crippen LogP contribution in [0.4, 0.5) is 0 Å². The highest BCUT2D eigenvalue weighted by molar-refractivity contribution is 7.81. The molecule has 1 heterocycles. The van der Waals surface area contributed by atoms with E-state index in [1.54, 1.807) is 6.92 Å². The standard InChI is InChI=1S/C20H30O14S3/c1-12-4-7-16-19(2,14(12)6-5-13-15(10-31-18(13)21)33-36(25,26)27)9-8-17(34-37(28,29)30)20(16,3)11-32-35(22,23)24/h5,14-17H,1,4,6-11H2,2-3H3,(H,22,23,24)(H,25,26,27)(H,28,29,30)/b13-5+/t14-,15-,16+,17-,19+,20+/m1/s1. The molecule has 2 aliphatic carbocycles. The normalized spacial score (nSPS) is 36.4. The average Bonchev–Trinajstić information content (AvgIpc) is 3.05. The van der Waals surface area contributed by atoms with Crippen LogP contribution >= 0.6 is 0 Å². The van der Waals surface area contributed by atoms with Gasteiger partial charge >= 0.3 is 37.2 Å². The van der Waals surface area contributed by atoms with Crippen LogP contribution in [0.25, 0.3) is 0 Å². The number of allylic oxidation sites excluding steroid dienone is 2. The molecule has 0 radical (unpaired) electrons. The zero-order valence-corrected chi connectivity index (χ0v) is 22.6. The molecule has 0 aromatic heterocycles. The Morgan fingerprint density at radius 3 is 2.22 bits per heavy atom. The number of cyclic esters (lactones) is 1. The average molecular weight is 591 g/mol. The summed E-state index contributed by atoms with van der Waals surface area (Å²) in [4.78, 5) is 12.2. The molecule has 6 atom stereocenters. The Morgan fingerprint density at radius 2 is 1.65 bits per heavy atom. The zero-order chi connectivity index (χ0) is 28.0. The molecule has 14 nitrogen and oxygen atoms in total. The third-order valence-electron chi connectivity index (χ3n) is 7.83. The van der Waals surface area contributed by atoms with Crippen molar-refractivity contribution in [2.24, 2.45) is 22.7 Å². The Kier molecular flexibility index (Phi) is 8.36. The Balaban J connectivity index is 1.96. The summed E-state index contributed by atoms with van der Waals surface area (Å²) >= 11 is 0. The van der Waals surface area contributed by atoms with Crippen LogP contribution in [0.15, 0.2) is 23.8 Å². The van der Waals surface area contributed by atoms with E-state index in [1.807, 2.05) is 6.92 Å². The van der Waals surface area contributed by atoms with E-state index in [0.29, 0.717) is 19.3 Å². The first-order chi connectivity index (χ1) is 16.8. The lowest BCUT2D eigenvalue weighted by Crippen LogP contribution is -2.58. The van der Waals surface area contributed by atoms with Crippen LogP contribution in [0.2, 0.25) is 0 Å². The molecule has 3 N–H and O–H groups in total. The van der Waals surface area contributed by atoms with Gasteiger partial charge < -0.3 is 4.74 Å². The van der Waals surface area contributed by atoms with E-state index in [-0.39, 0.29) is 24.3 Å². The minimum absolute atomic E-state index is 0.0645. The van der Waals surface area contributed by atoms with Crippen molar-refractivity contribution in [2.45, 2.75) is 58.2 Å². The molecule has 0 bridgehead atoms. The lowest BCUT2D eigenvalue weighted by atomic mass is 9.46. The number of esters is 1. The molecule has 1 saturated heterocycles. The predicted octanol–water partition coefficient (Wildman–Crippen LogP) is 1.44. The largest absolute Gasteiger partial charge is 0.459 e. The van der Waals surface area contributed by atoms with Gasteiger partial charge in [-0.05, 0) is 49.4 Å². The van der Waals surface area contributed by atoms with Crippen molar-refractivity contribution in [3.63, 3.8) is 0 Å². The van der Waals surface area contributed by atoms with Crippen LogP contribution < -0.4 is 0 Å². The van der Waals surface area contributed by atoms with Crippen molar-refractivity contribution in [3.05, 3.63) is 23.8 Å². The van der Waals surface area contributed by atoms with Gasteiger partial charge in [-0.2, -0.15) is 25.3 Å². The molecule has 3 fully saturated rings. The molecule has 2 saturated carbocycles. The summed E-state index contributed by atoms with van der Waals surface area (Å²) in [5, 5.41) is 0. The highest BCUT2D eigenvalue weighted by Crippen LogP contribution is 2.62. The van der Waals surface area contributed by atoms with E-state index in [4.69, 9.17) is 13.5 Å². The topological polar surface area (TPSA) is 217 Å². The van der Waals surface area contributed by atoms with Crippen LogP contribution in [0.1, 0.15) is 46.0 Å². The van der Waals surface area contributed by atoms with E-state index < -0.39 is 79.3 Å². The smallest absolute Gasteiger partial charge is 0.398 e. The van der Waals surface area contributed by atoms with Crippen LogP contribution in [0.3, 0.4) is 0 Å². The summed E-state index contributed by atoms with van der Waals surface area (Å²) in [6.45, 7) is 6.53. The van der Waals surface area contributed by atoms with Crippen LogP contribution in [0.5, 0.6) is 0 Å².